The van der Waals surface area contributed by atoms with Crippen molar-refractivity contribution in [1.82, 2.24) is 4.90 Å². The lowest BCUT2D eigenvalue weighted by atomic mass is 9.86. The van der Waals surface area contributed by atoms with Gasteiger partial charge in [0.15, 0.2) is 0 Å². The molecule has 1 saturated heterocycles. The lowest BCUT2D eigenvalue weighted by molar-refractivity contribution is -0.0306. The molecule has 3 atom stereocenters. The zero-order chi connectivity index (χ0) is 17.1. The lowest BCUT2D eigenvalue weighted by Gasteiger charge is -2.37. The number of aryl methyl sites for hydroxylation is 1. The van der Waals surface area contributed by atoms with E-state index in [-0.39, 0.29) is 6.10 Å². The summed E-state index contributed by atoms with van der Waals surface area (Å²) in [6.07, 6.45) is 8.21. The first kappa shape index (κ1) is 17.5. The van der Waals surface area contributed by atoms with Crippen molar-refractivity contribution < 1.29 is 14.6 Å². The second-order valence-electron chi connectivity index (χ2n) is 7.86. The van der Waals surface area contributed by atoms with Crippen molar-refractivity contribution in [2.24, 2.45) is 0 Å². The molecule has 0 bridgehead atoms. The van der Waals surface area contributed by atoms with Crippen molar-refractivity contribution in [3.63, 3.8) is 0 Å². The normalized spacial score (nSPS) is 27.4. The van der Waals surface area contributed by atoms with Crippen LogP contribution in [0.3, 0.4) is 0 Å². The predicted molar refractivity (Wildman–Crippen MR) is 97.6 cm³/mol. The molecule has 1 aromatic rings. The Bertz CT molecular complexity index is 554. The Labute approximate surface area is 151 Å². The maximum Gasteiger partial charge on any atom is 0.0900 e. The van der Waals surface area contributed by atoms with Crippen LogP contribution < -0.4 is 0 Å². The molecule has 0 radical (unpaired) electrons. The van der Waals surface area contributed by atoms with Gasteiger partial charge < -0.3 is 14.6 Å². The molecule has 4 rings (SSSR count). The summed E-state index contributed by atoms with van der Waals surface area (Å²) in [6, 6.07) is 9.97. The third-order valence-electron chi connectivity index (χ3n) is 5.81. The molecule has 1 saturated carbocycles. The number of aliphatic hydroxyl groups is 1. The van der Waals surface area contributed by atoms with Gasteiger partial charge >= 0.3 is 0 Å². The van der Waals surface area contributed by atoms with Crippen molar-refractivity contribution >= 4 is 0 Å². The molecular formula is C21H31NO3. The molecule has 3 unspecified atom stereocenters. The van der Waals surface area contributed by atoms with E-state index in [9.17, 15) is 5.11 Å². The van der Waals surface area contributed by atoms with Crippen LogP contribution in [0.1, 0.15) is 55.7 Å². The van der Waals surface area contributed by atoms with Gasteiger partial charge in [-0.05, 0) is 56.1 Å². The second-order valence-corrected chi connectivity index (χ2v) is 7.86. The first-order chi connectivity index (χ1) is 12.3. The van der Waals surface area contributed by atoms with E-state index in [1.165, 1.54) is 43.2 Å². The van der Waals surface area contributed by atoms with Gasteiger partial charge in [0, 0.05) is 25.2 Å². The average molecular weight is 345 g/mol. The molecule has 2 aliphatic carbocycles. The summed E-state index contributed by atoms with van der Waals surface area (Å²) < 4.78 is 11.3. The Morgan fingerprint density at radius 1 is 1.16 bits per heavy atom. The minimum Gasteiger partial charge on any atom is -0.389 e. The zero-order valence-electron chi connectivity index (χ0n) is 15.1. The third-order valence-corrected chi connectivity index (χ3v) is 5.81. The standard InChI is InChI=1S/C21H31NO3/c23-18(14-24-15-19-7-4-12-25-19)13-22(17-10-11-17)21-9-3-6-16-5-1-2-8-20(16)21/h1-2,5,8,17-19,21,23H,3-4,6-7,9-15H2. The van der Waals surface area contributed by atoms with Gasteiger partial charge in [-0.25, -0.2) is 0 Å². The van der Waals surface area contributed by atoms with E-state index in [1.807, 2.05) is 0 Å². The number of ether oxygens (including phenoxy) is 2. The third kappa shape index (κ3) is 4.43. The molecule has 1 N–H and O–H groups in total. The maximum absolute atomic E-state index is 10.5. The van der Waals surface area contributed by atoms with E-state index in [0.29, 0.717) is 25.3 Å². The van der Waals surface area contributed by atoms with Gasteiger partial charge in [-0.3, -0.25) is 4.90 Å². The van der Waals surface area contributed by atoms with Crippen LogP contribution in [0.25, 0.3) is 0 Å². The predicted octanol–water partition coefficient (Wildman–Crippen LogP) is 3.08. The summed E-state index contributed by atoms with van der Waals surface area (Å²) >= 11 is 0. The summed E-state index contributed by atoms with van der Waals surface area (Å²) in [4.78, 5) is 2.55. The second kappa shape index (κ2) is 8.17. The van der Waals surface area contributed by atoms with Crippen LogP contribution in [0, 0.1) is 0 Å². The van der Waals surface area contributed by atoms with Crippen LogP contribution in [-0.4, -0.2) is 54.6 Å². The fraction of sp³-hybridized carbons (Fsp3) is 0.714. The fourth-order valence-electron chi connectivity index (χ4n) is 4.42. The van der Waals surface area contributed by atoms with Crippen LogP contribution in [0.5, 0.6) is 0 Å². The average Bonchev–Trinajstić information content (AvgIpc) is 3.35. The van der Waals surface area contributed by atoms with Crippen LogP contribution in [0.4, 0.5) is 0 Å². The highest BCUT2D eigenvalue weighted by Crippen LogP contribution is 2.40. The number of hydrogen-bond donors (Lipinski definition) is 1. The number of benzene rings is 1. The Balaban J connectivity index is 1.34. The smallest absolute Gasteiger partial charge is 0.0900 e. The van der Waals surface area contributed by atoms with Crippen molar-refractivity contribution in [2.45, 2.75) is 69.2 Å². The highest BCUT2D eigenvalue weighted by molar-refractivity contribution is 5.32. The van der Waals surface area contributed by atoms with Crippen molar-refractivity contribution in [3.8, 4) is 0 Å². The summed E-state index contributed by atoms with van der Waals surface area (Å²) in [6.45, 7) is 2.60. The van der Waals surface area contributed by atoms with Crippen LogP contribution in [-0.2, 0) is 15.9 Å². The SMILES string of the molecule is OC(COCC1CCCO1)CN(C1CC1)C1CCCc2ccccc21. The molecule has 0 amide bonds. The van der Waals surface area contributed by atoms with Gasteiger partial charge in [0.05, 0.1) is 25.4 Å². The monoisotopic (exact) mass is 345 g/mol. The summed E-state index contributed by atoms with van der Waals surface area (Å²) in [7, 11) is 0. The van der Waals surface area contributed by atoms with Crippen molar-refractivity contribution in [1.29, 1.82) is 0 Å². The van der Waals surface area contributed by atoms with Crippen LogP contribution in [0.15, 0.2) is 24.3 Å². The van der Waals surface area contributed by atoms with Gasteiger partial charge in [-0.2, -0.15) is 0 Å². The minimum atomic E-state index is -0.420. The first-order valence-corrected chi connectivity index (χ1v) is 10.0. The molecule has 2 fully saturated rings. The van der Waals surface area contributed by atoms with E-state index < -0.39 is 6.10 Å². The molecule has 4 nitrogen and oxygen atoms in total. The molecule has 0 aromatic heterocycles. The maximum atomic E-state index is 10.5. The van der Waals surface area contributed by atoms with E-state index >= 15 is 0 Å². The fourth-order valence-corrected chi connectivity index (χ4v) is 4.42. The van der Waals surface area contributed by atoms with Crippen molar-refractivity contribution in [2.75, 3.05) is 26.4 Å². The Hall–Kier alpha value is -0.940. The molecule has 3 aliphatic rings. The van der Waals surface area contributed by atoms with E-state index in [1.54, 1.807) is 0 Å². The molecule has 25 heavy (non-hydrogen) atoms. The molecule has 0 spiro atoms. The van der Waals surface area contributed by atoms with Crippen LogP contribution >= 0.6 is 0 Å². The quantitative estimate of drug-likeness (QED) is 0.786. The number of fused-ring (bicyclic) bond motifs is 1. The van der Waals surface area contributed by atoms with E-state index in [0.717, 1.165) is 26.0 Å². The first-order valence-electron chi connectivity index (χ1n) is 10.0. The summed E-state index contributed by atoms with van der Waals surface area (Å²) in [5, 5.41) is 10.5. The largest absolute Gasteiger partial charge is 0.389 e. The highest BCUT2D eigenvalue weighted by Gasteiger charge is 2.37. The Morgan fingerprint density at radius 2 is 2.04 bits per heavy atom. The Morgan fingerprint density at radius 3 is 2.84 bits per heavy atom. The lowest BCUT2D eigenvalue weighted by Crippen LogP contribution is -2.40. The minimum absolute atomic E-state index is 0.233. The number of hydrogen-bond acceptors (Lipinski definition) is 4. The van der Waals surface area contributed by atoms with Crippen LogP contribution in [0.2, 0.25) is 0 Å². The molecule has 1 aromatic carbocycles. The van der Waals surface area contributed by atoms with Gasteiger partial charge in [0.2, 0.25) is 0 Å². The number of aliphatic hydroxyl groups excluding tert-OH is 1. The molecular weight excluding hydrogens is 314 g/mol. The van der Waals surface area contributed by atoms with Gasteiger partial charge in [-0.15, -0.1) is 0 Å². The molecule has 138 valence electrons. The molecule has 4 heteroatoms. The van der Waals surface area contributed by atoms with Gasteiger partial charge in [0.1, 0.15) is 0 Å². The summed E-state index contributed by atoms with van der Waals surface area (Å²) in [5.41, 5.74) is 2.97. The van der Waals surface area contributed by atoms with Crippen molar-refractivity contribution in [3.05, 3.63) is 35.4 Å². The topological polar surface area (TPSA) is 41.9 Å². The molecule has 1 heterocycles. The van der Waals surface area contributed by atoms with E-state index in [4.69, 9.17) is 9.47 Å². The van der Waals surface area contributed by atoms with Gasteiger partial charge in [-0.1, -0.05) is 24.3 Å². The Kier molecular flexibility index (Phi) is 5.71. The highest BCUT2D eigenvalue weighted by atomic mass is 16.5. The van der Waals surface area contributed by atoms with E-state index in [2.05, 4.69) is 29.2 Å². The number of rotatable bonds is 8. The molecule has 1 aliphatic heterocycles. The zero-order valence-corrected chi connectivity index (χ0v) is 15.1. The number of nitrogens with zero attached hydrogens (tertiary/aromatic N) is 1. The summed E-state index contributed by atoms with van der Waals surface area (Å²) in [5.74, 6) is 0. The van der Waals surface area contributed by atoms with Gasteiger partial charge in [0.25, 0.3) is 0 Å².